The maximum Gasteiger partial charge on any atom is 0.356 e. The Bertz CT molecular complexity index is 414. The quantitative estimate of drug-likeness (QED) is 0.758. The predicted molar refractivity (Wildman–Crippen MR) is 67.7 cm³/mol. The average Bonchev–Trinajstić information content (AvgIpc) is 2.38. The molecule has 0 atom stereocenters. The molecule has 0 unspecified atom stereocenters. The van der Waals surface area contributed by atoms with E-state index in [2.05, 4.69) is 10.3 Å². The molecule has 1 aliphatic rings. The van der Waals surface area contributed by atoms with E-state index in [4.69, 9.17) is 5.11 Å². The zero-order valence-corrected chi connectivity index (χ0v) is 10.2. The van der Waals surface area contributed by atoms with Gasteiger partial charge in [0.2, 0.25) is 0 Å². The molecular formula is C13H18N2O3. The van der Waals surface area contributed by atoms with E-state index >= 15 is 0 Å². The third-order valence-corrected chi connectivity index (χ3v) is 3.41. The van der Waals surface area contributed by atoms with Gasteiger partial charge in [-0.3, -0.25) is 0 Å². The Morgan fingerprint density at radius 3 is 2.78 bits per heavy atom. The van der Waals surface area contributed by atoms with E-state index in [0.29, 0.717) is 11.6 Å². The van der Waals surface area contributed by atoms with Crippen LogP contribution in [0, 0.1) is 5.92 Å². The Hall–Kier alpha value is -1.62. The lowest BCUT2D eigenvalue weighted by Crippen LogP contribution is -2.24. The van der Waals surface area contributed by atoms with Crippen molar-refractivity contribution in [2.24, 2.45) is 5.92 Å². The normalized spacial score (nSPS) is 23.6. The molecule has 0 aromatic carbocycles. The molecule has 0 radical (unpaired) electrons. The molecule has 1 fully saturated rings. The lowest BCUT2D eigenvalue weighted by atomic mass is 9.87. The van der Waals surface area contributed by atoms with Gasteiger partial charge in [0.25, 0.3) is 0 Å². The first-order valence-electron chi connectivity index (χ1n) is 6.27. The Morgan fingerprint density at radius 1 is 1.39 bits per heavy atom. The maximum absolute atomic E-state index is 11.0. The van der Waals surface area contributed by atoms with Crippen LogP contribution < -0.4 is 5.32 Å². The summed E-state index contributed by atoms with van der Waals surface area (Å²) < 4.78 is 0. The molecule has 1 saturated carbocycles. The molecule has 1 aromatic heterocycles. The summed E-state index contributed by atoms with van der Waals surface area (Å²) in [6.07, 6.45) is 4.96. The van der Waals surface area contributed by atoms with Gasteiger partial charge >= 0.3 is 5.97 Å². The van der Waals surface area contributed by atoms with Crippen molar-refractivity contribution in [3.8, 4) is 0 Å². The number of anilines is 1. The molecule has 0 spiro atoms. The molecule has 5 heteroatoms. The van der Waals surface area contributed by atoms with E-state index in [1.54, 1.807) is 12.1 Å². The minimum Gasteiger partial charge on any atom is -0.476 e. The second-order valence-electron chi connectivity index (χ2n) is 4.76. The summed E-state index contributed by atoms with van der Waals surface area (Å²) >= 11 is 0. The number of carboxylic acids is 1. The van der Waals surface area contributed by atoms with Crippen molar-refractivity contribution < 1.29 is 15.0 Å². The van der Waals surface area contributed by atoms with Crippen LogP contribution in [0.15, 0.2) is 18.3 Å². The van der Waals surface area contributed by atoms with Crippen LogP contribution in [-0.4, -0.2) is 33.8 Å². The van der Waals surface area contributed by atoms with Crippen LogP contribution in [0.3, 0.4) is 0 Å². The van der Waals surface area contributed by atoms with Crippen LogP contribution in [0.1, 0.15) is 36.2 Å². The van der Waals surface area contributed by atoms with Gasteiger partial charge in [0, 0.05) is 12.7 Å². The van der Waals surface area contributed by atoms with Gasteiger partial charge in [0.15, 0.2) is 5.69 Å². The van der Waals surface area contributed by atoms with Crippen LogP contribution >= 0.6 is 0 Å². The number of pyridine rings is 1. The number of carboxylic acid groups (broad SMARTS) is 1. The average molecular weight is 250 g/mol. The molecule has 5 nitrogen and oxygen atoms in total. The molecular weight excluding hydrogens is 232 g/mol. The van der Waals surface area contributed by atoms with Crippen molar-refractivity contribution in [3.05, 3.63) is 24.0 Å². The monoisotopic (exact) mass is 250 g/mol. The third-order valence-electron chi connectivity index (χ3n) is 3.41. The highest BCUT2D eigenvalue weighted by molar-refractivity contribution is 5.91. The Labute approximate surface area is 106 Å². The fourth-order valence-corrected chi connectivity index (χ4v) is 2.32. The molecule has 0 saturated heterocycles. The van der Waals surface area contributed by atoms with E-state index in [1.165, 1.54) is 6.20 Å². The smallest absolute Gasteiger partial charge is 0.356 e. The van der Waals surface area contributed by atoms with Crippen molar-refractivity contribution in [2.75, 3.05) is 11.9 Å². The maximum atomic E-state index is 11.0. The minimum absolute atomic E-state index is 0.0633. The van der Waals surface area contributed by atoms with Gasteiger partial charge in [0.05, 0.1) is 11.8 Å². The van der Waals surface area contributed by atoms with Crippen molar-refractivity contribution in [3.63, 3.8) is 0 Å². The third kappa shape index (κ3) is 3.20. The highest BCUT2D eigenvalue weighted by Gasteiger charge is 2.19. The number of aliphatic hydroxyl groups is 1. The van der Waals surface area contributed by atoms with E-state index in [1.807, 2.05) is 0 Å². The molecule has 2 rings (SSSR count). The zero-order valence-electron chi connectivity index (χ0n) is 10.2. The Balaban J connectivity index is 1.92. The summed E-state index contributed by atoms with van der Waals surface area (Å²) in [7, 11) is 0. The molecule has 1 aliphatic carbocycles. The topological polar surface area (TPSA) is 82.5 Å². The second kappa shape index (κ2) is 5.82. The van der Waals surface area contributed by atoms with Crippen LogP contribution in [0.2, 0.25) is 0 Å². The Morgan fingerprint density at radius 2 is 2.11 bits per heavy atom. The van der Waals surface area contributed by atoms with Crippen molar-refractivity contribution >= 4 is 11.7 Å². The van der Waals surface area contributed by atoms with Gasteiger partial charge in [0.1, 0.15) is 0 Å². The van der Waals surface area contributed by atoms with Gasteiger partial charge in [-0.05, 0) is 43.7 Å². The zero-order chi connectivity index (χ0) is 13.0. The van der Waals surface area contributed by atoms with E-state index in [-0.39, 0.29) is 11.8 Å². The predicted octanol–water partition coefficient (Wildman–Crippen LogP) is 1.74. The van der Waals surface area contributed by atoms with Gasteiger partial charge in [-0.2, -0.15) is 0 Å². The van der Waals surface area contributed by atoms with Crippen LogP contribution in [0.25, 0.3) is 0 Å². The number of hydrogen-bond acceptors (Lipinski definition) is 4. The number of aromatic nitrogens is 1. The summed E-state index contributed by atoms with van der Waals surface area (Å²) in [4.78, 5) is 14.8. The lowest BCUT2D eigenvalue weighted by Gasteiger charge is -2.25. The van der Waals surface area contributed by atoms with Crippen molar-refractivity contribution in [1.82, 2.24) is 4.98 Å². The fraction of sp³-hybridized carbons (Fsp3) is 0.538. The first kappa shape index (κ1) is 12.8. The molecule has 98 valence electrons. The van der Waals surface area contributed by atoms with E-state index < -0.39 is 5.97 Å². The Kier molecular flexibility index (Phi) is 4.15. The molecule has 0 bridgehead atoms. The van der Waals surface area contributed by atoms with Crippen LogP contribution in [-0.2, 0) is 0 Å². The van der Waals surface area contributed by atoms with Gasteiger partial charge in [-0.25, -0.2) is 9.78 Å². The number of aliphatic hydroxyl groups excluding tert-OH is 1. The summed E-state index contributed by atoms with van der Waals surface area (Å²) in [5, 5.41) is 21.6. The summed E-state index contributed by atoms with van der Waals surface area (Å²) in [5.74, 6) is -0.521. The molecule has 1 aromatic rings. The first-order chi connectivity index (χ1) is 8.66. The SMILES string of the molecule is O=C(O)c1ncccc1NCC1CCC(O)CC1. The largest absolute Gasteiger partial charge is 0.476 e. The minimum atomic E-state index is -1.02. The summed E-state index contributed by atoms with van der Waals surface area (Å²) in [6.45, 7) is 0.735. The molecule has 0 aliphatic heterocycles. The molecule has 1 heterocycles. The molecule has 18 heavy (non-hydrogen) atoms. The van der Waals surface area contributed by atoms with Gasteiger partial charge in [-0.1, -0.05) is 0 Å². The lowest BCUT2D eigenvalue weighted by molar-refractivity contribution is 0.0691. The highest BCUT2D eigenvalue weighted by Crippen LogP contribution is 2.24. The number of carbonyl (C=O) groups is 1. The number of nitrogens with zero attached hydrogens (tertiary/aromatic N) is 1. The van der Waals surface area contributed by atoms with Crippen molar-refractivity contribution in [2.45, 2.75) is 31.8 Å². The second-order valence-corrected chi connectivity index (χ2v) is 4.76. The highest BCUT2D eigenvalue weighted by atomic mass is 16.4. The van der Waals surface area contributed by atoms with E-state index in [9.17, 15) is 9.90 Å². The molecule has 0 amide bonds. The van der Waals surface area contributed by atoms with Crippen LogP contribution in [0.4, 0.5) is 5.69 Å². The van der Waals surface area contributed by atoms with Gasteiger partial charge < -0.3 is 15.5 Å². The number of hydrogen-bond donors (Lipinski definition) is 3. The fourth-order valence-electron chi connectivity index (χ4n) is 2.32. The number of aromatic carboxylic acids is 1. The first-order valence-corrected chi connectivity index (χ1v) is 6.27. The number of rotatable bonds is 4. The van der Waals surface area contributed by atoms with Gasteiger partial charge in [-0.15, -0.1) is 0 Å². The molecule has 3 N–H and O–H groups in total. The van der Waals surface area contributed by atoms with Crippen molar-refractivity contribution in [1.29, 1.82) is 0 Å². The summed E-state index contributed by atoms with van der Waals surface area (Å²) in [5.41, 5.74) is 0.629. The van der Waals surface area contributed by atoms with Crippen LogP contribution in [0.5, 0.6) is 0 Å². The van der Waals surface area contributed by atoms with E-state index in [0.717, 1.165) is 32.2 Å². The summed E-state index contributed by atoms with van der Waals surface area (Å²) in [6, 6.07) is 3.45. The number of nitrogens with one attached hydrogen (secondary N) is 1. The standard InChI is InChI=1S/C13H18N2O3/c16-10-5-3-9(4-6-10)8-15-11-2-1-7-14-12(11)13(17)18/h1-2,7,9-10,15-16H,3-6,8H2,(H,17,18).